The fourth-order valence-electron chi connectivity index (χ4n) is 1.45. The molecule has 0 aliphatic heterocycles. The van der Waals surface area contributed by atoms with Gasteiger partial charge in [-0.05, 0) is 6.92 Å². The van der Waals surface area contributed by atoms with Crippen molar-refractivity contribution in [2.45, 2.75) is 13.0 Å². The molecule has 0 spiro atoms. The van der Waals surface area contributed by atoms with Crippen LogP contribution in [0.2, 0.25) is 0 Å². The Bertz CT molecular complexity index is 412. The summed E-state index contributed by atoms with van der Waals surface area (Å²) in [6.45, 7) is 1.80. The van der Waals surface area contributed by atoms with Crippen LogP contribution in [0.25, 0.3) is 0 Å². The number of benzene rings is 1. The number of nitrogens with two attached hydrogens (primary N) is 1. The minimum atomic E-state index is -1.22. The third-order valence-corrected chi connectivity index (χ3v) is 2.13. The number of rotatable bonds is 3. The standard InChI is InChI=1S/C11H13F3N2O/c1-6(15)5-16(2)11(17)10-8(13)3-7(12)4-9(10)14/h3-4,6H,5,15H2,1-2H3. The minimum absolute atomic E-state index is 0.148. The topological polar surface area (TPSA) is 46.3 Å². The Hall–Kier alpha value is -1.56. The maximum absolute atomic E-state index is 13.3. The zero-order valence-electron chi connectivity index (χ0n) is 9.51. The molecule has 1 amide bonds. The first-order valence-electron chi connectivity index (χ1n) is 4.98. The summed E-state index contributed by atoms with van der Waals surface area (Å²) in [5.41, 5.74) is 4.70. The average Bonchev–Trinajstić information content (AvgIpc) is 2.14. The van der Waals surface area contributed by atoms with Crippen molar-refractivity contribution in [3.05, 3.63) is 35.1 Å². The van der Waals surface area contributed by atoms with Crippen molar-refractivity contribution in [1.82, 2.24) is 4.90 Å². The molecule has 0 fully saturated rings. The highest BCUT2D eigenvalue weighted by molar-refractivity contribution is 5.94. The van der Waals surface area contributed by atoms with Gasteiger partial charge in [0.2, 0.25) is 0 Å². The highest BCUT2D eigenvalue weighted by atomic mass is 19.1. The highest BCUT2D eigenvalue weighted by Crippen LogP contribution is 2.16. The minimum Gasteiger partial charge on any atom is -0.340 e. The third kappa shape index (κ3) is 3.20. The van der Waals surface area contributed by atoms with Crippen molar-refractivity contribution >= 4 is 5.91 Å². The molecule has 0 heterocycles. The Morgan fingerprint density at radius 3 is 2.24 bits per heavy atom. The van der Waals surface area contributed by atoms with Gasteiger partial charge in [-0.3, -0.25) is 4.79 Å². The third-order valence-electron chi connectivity index (χ3n) is 2.13. The smallest absolute Gasteiger partial charge is 0.259 e. The molecule has 1 aromatic rings. The van der Waals surface area contributed by atoms with Crippen LogP contribution in [0, 0.1) is 17.5 Å². The number of nitrogens with zero attached hydrogens (tertiary/aromatic N) is 1. The van der Waals surface area contributed by atoms with Gasteiger partial charge < -0.3 is 10.6 Å². The Morgan fingerprint density at radius 2 is 1.82 bits per heavy atom. The van der Waals surface area contributed by atoms with Gasteiger partial charge in [-0.1, -0.05) is 0 Å². The second-order valence-electron chi connectivity index (χ2n) is 3.91. The van der Waals surface area contributed by atoms with Crippen LogP contribution in [-0.2, 0) is 0 Å². The number of carbonyl (C=O) groups excluding carboxylic acids is 1. The van der Waals surface area contributed by atoms with E-state index in [1.54, 1.807) is 6.92 Å². The first kappa shape index (κ1) is 13.5. The summed E-state index contributed by atoms with van der Waals surface area (Å²) < 4.78 is 39.3. The summed E-state index contributed by atoms with van der Waals surface area (Å²) in [4.78, 5) is 12.8. The summed E-state index contributed by atoms with van der Waals surface area (Å²) in [5.74, 6) is -4.36. The van der Waals surface area contributed by atoms with Gasteiger partial charge in [0.1, 0.15) is 23.0 Å². The second kappa shape index (κ2) is 5.18. The largest absolute Gasteiger partial charge is 0.340 e. The molecule has 0 aromatic heterocycles. The molecule has 0 saturated heterocycles. The van der Waals surface area contributed by atoms with Crippen molar-refractivity contribution in [2.24, 2.45) is 5.73 Å². The molecular weight excluding hydrogens is 233 g/mol. The summed E-state index contributed by atoms with van der Waals surface area (Å²) >= 11 is 0. The molecule has 17 heavy (non-hydrogen) atoms. The van der Waals surface area contributed by atoms with Crippen LogP contribution >= 0.6 is 0 Å². The van der Waals surface area contributed by atoms with E-state index < -0.39 is 28.9 Å². The summed E-state index contributed by atoms with van der Waals surface area (Å²) in [5, 5.41) is 0. The SMILES string of the molecule is CC(N)CN(C)C(=O)c1c(F)cc(F)cc1F. The number of amides is 1. The summed E-state index contributed by atoms with van der Waals surface area (Å²) in [7, 11) is 1.37. The van der Waals surface area contributed by atoms with E-state index in [1.165, 1.54) is 7.05 Å². The lowest BCUT2D eigenvalue weighted by Gasteiger charge is -2.19. The lowest BCUT2D eigenvalue weighted by Crippen LogP contribution is -2.37. The molecule has 0 aliphatic carbocycles. The molecule has 1 atom stereocenters. The molecule has 3 nitrogen and oxygen atoms in total. The van der Waals surface area contributed by atoms with Crippen LogP contribution in [0.5, 0.6) is 0 Å². The van der Waals surface area contributed by atoms with E-state index in [1.807, 2.05) is 0 Å². The molecule has 2 N–H and O–H groups in total. The van der Waals surface area contributed by atoms with Crippen LogP contribution in [0.3, 0.4) is 0 Å². The van der Waals surface area contributed by atoms with Crippen LogP contribution in [0.1, 0.15) is 17.3 Å². The lowest BCUT2D eigenvalue weighted by atomic mass is 10.1. The van der Waals surface area contributed by atoms with Crippen LogP contribution in [0.4, 0.5) is 13.2 Å². The van der Waals surface area contributed by atoms with E-state index in [0.717, 1.165) is 4.90 Å². The fraction of sp³-hybridized carbons (Fsp3) is 0.364. The van der Waals surface area contributed by atoms with E-state index in [0.29, 0.717) is 12.1 Å². The fourth-order valence-corrected chi connectivity index (χ4v) is 1.45. The molecule has 1 rings (SSSR count). The number of hydrogen-bond donors (Lipinski definition) is 1. The van der Waals surface area contributed by atoms with Gasteiger partial charge in [0.15, 0.2) is 0 Å². The highest BCUT2D eigenvalue weighted by Gasteiger charge is 2.22. The molecule has 0 bridgehead atoms. The van der Waals surface area contributed by atoms with E-state index >= 15 is 0 Å². The quantitative estimate of drug-likeness (QED) is 0.879. The second-order valence-corrected chi connectivity index (χ2v) is 3.91. The van der Waals surface area contributed by atoms with E-state index in [2.05, 4.69) is 0 Å². The predicted octanol–water partition coefficient (Wildman–Crippen LogP) is 1.52. The normalized spacial score (nSPS) is 12.4. The molecule has 1 aromatic carbocycles. The van der Waals surface area contributed by atoms with Crippen LogP contribution in [0.15, 0.2) is 12.1 Å². The van der Waals surface area contributed by atoms with Gasteiger partial charge in [0, 0.05) is 31.8 Å². The molecule has 0 aliphatic rings. The number of hydrogen-bond acceptors (Lipinski definition) is 2. The predicted molar refractivity (Wildman–Crippen MR) is 56.9 cm³/mol. The van der Waals surface area contributed by atoms with Crippen LogP contribution in [-0.4, -0.2) is 30.4 Å². The van der Waals surface area contributed by atoms with Gasteiger partial charge in [-0.2, -0.15) is 0 Å². The molecule has 6 heteroatoms. The van der Waals surface area contributed by atoms with Gasteiger partial charge >= 0.3 is 0 Å². The van der Waals surface area contributed by atoms with Crippen molar-refractivity contribution < 1.29 is 18.0 Å². The van der Waals surface area contributed by atoms with Gasteiger partial charge in [-0.25, -0.2) is 13.2 Å². The average molecular weight is 246 g/mol. The zero-order chi connectivity index (χ0) is 13.2. The molecular formula is C11H13F3N2O. The van der Waals surface area contributed by atoms with Gasteiger partial charge in [0.25, 0.3) is 5.91 Å². The molecule has 94 valence electrons. The Labute approximate surface area is 97.0 Å². The number of halogens is 3. The van der Waals surface area contributed by atoms with E-state index in [4.69, 9.17) is 5.73 Å². The monoisotopic (exact) mass is 246 g/mol. The molecule has 0 saturated carbocycles. The Kier molecular flexibility index (Phi) is 4.11. The Balaban J connectivity index is 3.04. The van der Waals surface area contributed by atoms with E-state index in [-0.39, 0.29) is 12.6 Å². The molecule has 1 unspecified atom stereocenters. The van der Waals surface area contributed by atoms with Gasteiger partial charge in [-0.15, -0.1) is 0 Å². The maximum Gasteiger partial charge on any atom is 0.259 e. The van der Waals surface area contributed by atoms with Crippen molar-refractivity contribution in [2.75, 3.05) is 13.6 Å². The van der Waals surface area contributed by atoms with Crippen molar-refractivity contribution in [1.29, 1.82) is 0 Å². The zero-order valence-corrected chi connectivity index (χ0v) is 9.51. The molecule has 0 radical (unpaired) electrons. The Morgan fingerprint density at radius 1 is 1.35 bits per heavy atom. The van der Waals surface area contributed by atoms with Crippen molar-refractivity contribution in [3.63, 3.8) is 0 Å². The maximum atomic E-state index is 13.3. The lowest BCUT2D eigenvalue weighted by molar-refractivity contribution is 0.0779. The first-order chi connectivity index (χ1) is 7.82. The van der Waals surface area contributed by atoms with Crippen molar-refractivity contribution in [3.8, 4) is 0 Å². The van der Waals surface area contributed by atoms with Gasteiger partial charge in [0.05, 0.1) is 0 Å². The summed E-state index contributed by atoms with van der Waals surface area (Å²) in [6, 6.07) is 0.613. The summed E-state index contributed by atoms with van der Waals surface area (Å²) in [6.07, 6.45) is 0. The first-order valence-corrected chi connectivity index (χ1v) is 4.98. The van der Waals surface area contributed by atoms with E-state index in [9.17, 15) is 18.0 Å². The number of likely N-dealkylation sites (N-methyl/N-ethyl adjacent to an activating group) is 1. The van der Waals surface area contributed by atoms with Crippen LogP contribution < -0.4 is 5.73 Å². The number of carbonyl (C=O) groups is 1.